The van der Waals surface area contributed by atoms with Gasteiger partial charge in [0.15, 0.2) is 0 Å². The molecule has 122 valence electrons. The molecule has 0 radical (unpaired) electrons. The minimum Gasteiger partial charge on any atom is -0.391 e. The Hall–Kier alpha value is -2.73. The number of aromatic amines is 1. The number of aliphatic hydroxyl groups excluding tert-OH is 1. The first-order chi connectivity index (χ1) is 11.6. The molecule has 4 rings (SSSR count). The quantitative estimate of drug-likeness (QED) is 0.759. The third-order valence-corrected chi connectivity index (χ3v) is 4.38. The number of rotatable bonds is 2. The van der Waals surface area contributed by atoms with Crippen molar-refractivity contribution in [2.24, 2.45) is 0 Å². The molecule has 0 unspecified atom stereocenters. The molecule has 1 aliphatic rings. The van der Waals surface area contributed by atoms with Crippen molar-refractivity contribution in [3.05, 3.63) is 70.3 Å². The SMILES string of the molecule is O=c1[nH]c(N2C[C@@H](O)C[C@@H]2c2cccc(F)c2)nc2ccccc12. The first-order valence-electron chi connectivity index (χ1n) is 7.81. The van der Waals surface area contributed by atoms with Gasteiger partial charge < -0.3 is 10.0 Å². The van der Waals surface area contributed by atoms with Crippen molar-refractivity contribution in [1.29, 1.82) is 0 Å². The maximum atomic E-state index is 13.6. The molecule has 2 atom stereocenters. The Morgan fingerprint density at radius 1 is 1.21 bits per heavy atom. The number of para-hydroxylation sites is 1. The largest absolute Gasteiger partial charge is 0.391 e. The Balaban J connectivity index is 1.80. The molecule has 24 heavy (non-hydrogen) atoms. The fraction of sp³-hybridized carbons (Fsp3) is 0.222. The number of β-amino-alcohol motifs (C(OH)–C–C–N with tert-alkyl or cyclic N) is 1. The lowest BCUT2D eigenvalue weighted by molar-refractivity contribution is 0.194. The van der Waals surface area contributed by atoms with Crippen LogP contribution in [-0.2, 0) is 0 Å². The monoisotopic (exact) mass is 325 g/mol. The molecule has 1 aliphatic heterocycles. The summed E-state index contributed by atoms with van der Waals surface area (Å²) in [5.41, 5.74) is 1.12. The van der Waals surface area contributed by atoms with Crippen molar-refractivity contribution in [2.45, 2.75) is 18.6 Å². The molecular weight excluding hydrogens is 309 g/mol. The van der Waals surface area contributed by atoms with Crippen LogP contribution in [0.4, 0.5) is 10.3 Å². The second-order valence-electron chi connectivity index (χ2n) is 6.02. The predicted octanol–water partition coefficient (Wildman–Crippen LogP) is 2.37. The molecule has 2 heterocycles. The molecule has 6 heteroatoms. The van der Waals surface area contributed by atoms with Crippen LogP contribution in [0.1, 0.15) is 18.0 Å². The average molecular weight is 325 g/mol. The molecule has 0 saturated carbocycles. The Morgan fingerprint density at radius 2 is 2.04 bits per heavy atom. The number of H-pyrrole nitrogens is 1. The number of benzene rings is 2. The van der Waals surface area contributed by atoms with Crippen LogP contribution < -0.4 is 10.5 Å². The molecule has 0 bridgehead atoms. The second kappa shape index (κ2) is 5.72. The molecular formula is C18H16FN3O2. The van der Waals surface area contributed by atoms with E-state index in [1.165, 1.54) is 12.1 Å². The van der Waals surface area contributed by atoms with Gasteiger partial charge in [-0.15, -0.1) is 0 Å². The van der Waals surface area contributed by atoms with Crippen LogP contribution in [0.2, 0.25) is 0 Å². The molecule has 2 aromatic carbocycles. The predicted molar refractivity (Wildman–Crippen MR) is 89.5 cm³/mol. The van der Waals surface area contributed by atoms with E-state index in [-0.39, 0.29) is 17.4 Å². The van der Waals surface area contributed by atoms with Gasteiger partial charge in [-0.05, 0) is 36.2 Å². The Morgan fingerprint density at radius 3 is 2.88 bits per heavy atom. The van der Waals surface area contributed by atoms with Gasteiger partial charge in [-0.2, -0.15) is 0 Å². The fourth-order valence-electron chi connectivity index (χ4n) is 3.29. The molecule has 0 amide bonds. The third-order valence-electron chi connectivity index (χ3n) is 4.38. The Bertz CT molecular complexity index is 956. The number of halogens is 1. The van der Waals surface area contributed by atoms with E-state index in [0.29, 0.717) is 29.8 Å². The minimum atomic E-state index is -0.560. The summed E-state index contributed by atoms with van der Waals surface area (Å²) in [6.45, 7) is 0.336. The summed E-state index contributed by atoms with van der Waals surface area (Å²) in [4.78, 5) is 21.4. The summed E-state index contributed by atoms with van der Waals surface area (Å²) in [7, 11) is 0. The van der Waals surface area contributed by atoms with E-state index in [1.54, 1.807) is 24.3 Å². The first kappa shape index (κ1) is 14.8. The van der Waals surface area contributed by atoms with Gasteiger partial charge in [0.2, 0.25) is 5.95 Å². The molecule has 5 nitrogen and oxygen atoms in total. The number of anilines is 1. The summed E-state index contributed by atoms with van der Waals surface area (Å²) in [5.74, 6) is 0.0679. The highest BCUT2D eigenvalue weighted by atomic mass is 19.1. The van der Waals surface area contributed by atoms with Crippen LogP contribution in [0.25, 0.3) is 10.9 Å². The Kier molecular flexibility index (Phi) is 3.54. The van der Waals surface area contributed by atoms with Gasteiger partial charge in [-0.1, -0.05) is 24.3 Å². The molecule has 0 aliphatic carbocycles. The Labute approximate surface area is 137 Å². The lowest BCUT2D eigenvalue weighted by atomic mass is 10.0. The topological polar surface area (TPSA) is 69.2 Å². The molecule has 0 spiro atoms. The van der Waals surface area contributed by atoms with Crippen molar-refractivity contribution in [2.75, 3.05) is 11.4 Å². The van der Waals surface area contributed by atoms with Gasteiger partial charge in [0.25, 0.3) is 5.56 Å². The number of hydrogen-bond acceptors (Lipinski definition) is 4. The molecule has 2 N–H and O–H groups in total. The number of nitrogens with one attached hydrogen (secondary N) is 1. The maximum Gasteiger partial charge on any atom is 0.260 e. The van der Waals surface area contributed by atoms with E-state index in [9.17, 15) is 14.3 Å². The zero-order valence-corrected chi connectivity index (χ0v) is 12.8. The standard InChI is InChI=1S/C18H16FN3O2/c19-12-5-3-4-11(8-12)16-9-13(23)10-22(16)18-20-15-7-2-1-6-14(15)17(24)21-18/h1-8,13,16,23H,9-10H2,(H,20,21,24)/t13-,16+/m0/s1. The average Bonchev–Trinajstić information content (AvgIpc) is 2.97. The lowest BCUT2D eigenvalue weighted by Gasteiger charge is -2.25. The highest BCUT2D eigenvalue weighted by Gasteiger charge is 2.34. The smallest absolute Gasteiger partial charge is 0.260 e. The van der Waals surface area contributed by atoms with Crippen LogP contribution >= 0.6 is 0 Å². The fourth-order valence-corrected chi connectivity index (χ4v) is 3.29. The highest BCUT2D eigenvalue weighted by Crippen LogP contribution is 2.34. The van der Waals surface area contributed by atoms with Gasteiger partial charge in [0.1, 0.15) is 5.82 Å². The number of aromatic nitrogens is 2. The van der Waals surface area contributed by atoms with Gasteiger partial charge in [0.05, 0.1) is 23.0 Å². The zero-order chi connectivity index (χ0) is 16.7. The molecule has 1 saturated heterocycles. The summed E-state index contributed by atoms with van der Waals surface area (Å²) in [6.07, 6.45) is -0.102. The molecule has 3 aromatic rings. The molecule has 1 fully saturated rings. The van der Waals surface area contributed by atoms with Crippen LogP contribution in [-0.4, -0.2) is 27.7 Å². The van der Waals surface area contributed by atoms with Crippen LogP contribution in [0.15, 0.2) is 53.3 Å². The highest BCUT2D eigenvalue weighted by molar-refractivity contribution is 5.78. The third kappa shape index (κ3) is 2.55. The van der Waals surface area contributed by atoms with Crippen molar-refractivity contribution in [1.82, 2.24) is 9.97 Å². The normalized spacial score (nSPS) is 20.7. The number of aliphatic hydroxyl groups is 1. The van der Waals surface area contributed by atoms with Crippen LogP contribution in [0, 0.1) is 5.82 Å². The van der Waals surface area contributed by atoms with Crippen LogP contribution in [0.3, 0.4) is 0 Å². The lowest BCUT2D eigenvalue weighted by Crippen LogP contribution is -2.28. The van der Waals surface area contributed by atoms with E-state index >= 15 is 0 Å². The van der Waals surface area contributed by atoms with Gasteiger partial charge >= 0.3 is 0 Å². The minimum absolute atomic E-state index is 0.227. The van der Waals surface area contributed by atoms with Crippen molar-refractivity contribution in [3.63, 3.8) is 0 Å². The van der Waals surface area contributed by atoms with Gasteiger partial charge in [-0.3, -0.25) is 9.78 Å². The van der Waals surface area contributed by atoms with E-state index in [1.807, 2.05) is 17.0 Å². The van der Waals surface area contributed by atoms with Crippen molar-refractivity contribution < 1.29 is 9.50 Å². The van der Waals surface area contributed by atoms with Crippen molar-refractivity contribution >= 4 is 16.9 Å². The van der Waals surface area contributed by atoms with Gasteiger partial charge in [-0.25, -0.2) is 9.37 Å². The number of nitrogens with zero attached hydrogens (tertiary/aromatic N) is 2. The summed E-state index contributed by atoms with van der Waals surface area (Å²) < 4.78 is 13.6. The van der Waals surface area contributed by atoms with Crippen LogP contribution in [0.5, 0.6) is 0 Å². The van der Waals surface area contributed by atoms with E-state index in [4.69, 9.17) is 0 Å². The summed E-state index contributed by atoms with van der Waals surface area (Å²) in [5, 5.41) is 10.6. The summed E-state index contributed by atoms with van der Waals surface area (Å²) in [6, 6.07) is 13.2. The zero-order valence-electron chi connectivity index (χ0n) is 12.8. The first-order valence-corrected chi connectivity index (χ1v) is 7.81. The number of fused-ring (bicyclic) bond motifs is 1. The van der Waals surface area contributed by atoms with Crippen molar-refractivity contribution in [3.8, 4) is 0 Å². The van der Waals surface area contributed by atoms with Gasteiger partial charge in [0, 0.05) is 6.54 Å². The van der Waals surface area contributed by atoms with E-state index < -0.39 is 6.10 Å². The van der Waals surface area contributed by atoms with E-state index in [0.717, 1.165) is 5.56 Å². The second-order valence-corrected chi connectivity index (χ2v) is 6.02. The van der Waals surface area contributed by atoms with E-state index in [2.05, 4.69) is 9.97 Å². The summed E-state index contributed by atoms with van der Waals surface area (Å²) >= 11 is 0. The molecule has 1 aromatic heterocycles. The maximum absolute atomic E-state index is 13.6. The number of hydrogen-bond donors (Lipinski definition) is 2.